The van der Waals surface area contributed by atoms with Crippen LogP contribution in [0.5, 0.6) is 0 Å². The third kappa shape index (κ3) is 3.22. The second-order valence-corrected chi connectivity index (χ2v) is 5.67. The molecule has 100 valence electrons. The number of aliphatic carboxylic acids is 1. The zero-order valence-corrected chi connectivity index (χ0v) is 9.92. The summed E-state index contributed by atoms with van der Waals surface area (Å²) < 4.78 is 59.7. The Labute approximate surface area is 101 Å². The summed E-state index contributed by atoms with van der Waals surface area (Å²) in [7, 11) is -3.53. The summed E-state index contributed by atoms with van der Waals surface area (Å²) in [5.41, 5.74) is -0.512. The second kappa shape index (κ2) is 4.60. The van der Waals surface area contributed by atoms with Gasteiger partial charge in [-0.25, -0.2) is 8.42 Å². The molecule has 0 amide bonds. The number of carboxylic acid groups (broad SMARTS) is 1. The highest BCUT2D eigenvalue weighted by molar-refractivity contribution is 7.90. The number of hydrogen-bond acceptors (Lipinski definition) is 3. The fourth-order valence-corrected chi connectivity index (χ4v) is 2.01. The van der Waals surface area contributed by atoms with Crippen molar-refractivity contribution in [3.05, 3.63) is 29.8 Å². The molecule has 1 atom stereocenters. The molecule has 1 aromatic carbocycles. The highest BCUT2D eigenvalue weighted by Gasteiger charge is 2.46. The van der Waals surface area contributed by atoms with E-state index in [1.54, 1.807) is 0 Å². The van der Waals surface area contributed by atoms with Crippen LogP contribution >= 0.6 is 0 Å². The summed E-state index contributed by atoms with van der Waals surface area (Å²) in [6.07, 6.45) is -4.03. The average Bonchev–Trinajstić information content (AvgIpc) is 2.13. The van der Waals surface area contributed by atoms with Crippen LogP contribution in [0.1, 0.15) is 11.5 Å². The van der Waals surface area contributed by atoms with Crippen molar-refractivity contribution in [3.63, 3.8) is 0 Å². The van der Waals surface area contributed by atoms with E-state index in [9.17, 15) is 26.4 Å². The van der Waals surface area contributed by atoms with Crippen molar-refractivity contribution in [2.75, 3.05) is 6.26 Å². The lowest BCUT2D eigenvalue weighted by Gasteiger charge is -2.16. The molecule has 0 aliphatic heterocycles. The van der Waals surface area contributed by atoms with E-state index in [4.69, 9.17) is 5.11 Å². The molecule has 0 aliphatic rings. The minimum Gasteiger partial charge on any atom is -0.481 e. The maximum atomic E-state index is 12.5. The highest BCUT2D eigenvalue weighted by Crippen LogP contribution is 2.35. The molecule has 4 nitrogen and oxygen atoms in total. The third-order valence-electron chi connectivity index (χ3n) is 2.22. The Morgan fingerprint density at radius 1 is 1.22 bits per heavy atom. The van der Waals surface area contributed by atoms with Gasteiger partial charge in [0.15, 0.2) is 15.8 Å². The van der Waals surface area contributed by atoms with E-state index in [0.29, 0.717) is 0 Å². The zero-order valence-electron chi connectivity index (χ0n) is 9.10. The molecular formula is C10H9F3O4S. The molecule has 0 unspecified atom stereocenters. The van der Waals surface area contributed by atoms with Crippen molar-refractivity contribution >= 4 is 15.8 Å². The molecule has 1 N–H and O–H groups in total. The van der Waals surface area contributed by atoms with Crippen LogP contribution < -0.4 is 0 Å². The Balaban J connectivity index is 3.22. The predicted molar refractivity (Wildman–Crippen MR) is 56.0 cm³/mol. The summed E-state index contributed by atoms with van der Waals surface area (Å²) >= 11 is 0. The van der Waals surface area contributed by atoms with Crippen molar-refractivity contribution < 1.29 is 31.5 Å². The van der Waals surface area contributed by atoms with E-state index in [-0.39, 0.29) is 4.90 Å². The Kier molecular flexibility index (Phi) is 3.70. The van der Waals surface area contributed by atoms with Crippen LogP contribution in [-0.2, 0) is 14.6 Å². The van der Waals surface area contributed by atoms with Crippen molar-refractivity contribution in [2.24, 2.45) is 0 Å². The lowest BCUT2D eigenvalue weighted by molar-refractivity contribution is -0.176. The molecule has 0 aromatic heterocycles. The monoisotopic (exact) mass is 282 g/mol. The maximum Gasteiger partial charge on any atom is 0.406 e. The number of hydrogen-bond donors (Lipinski definition) is 1. The first-order chi connectivity index (χ1) is 8.03. The van der Waals surface area contributed by atoms with E-state index in [0.717, 1.165) is 30.5 Å². The zero-order chi connectivity index (χ0) is 14.1. The van der Waals surface area contributed by atoms with Crippen LogP contribution in [0.2, 0.25) is 0 Å². The van der Waals surface area contributed by atoms with Crippen molar-refractivity contribution in [1.82, 2.24) is 0 Å². The Bertz CT molecular complexity index is 545. The van der Waals surface area contributed by atoms with Crippen LogP contribution in [0, 0.1) is 0 Å². The minimum atomic E-state index is -4.93. The van der Waals surface area contributed by atoms with Crippen LogP contribution in [-0.4, -0.2) is 31.9 Å². The van der Waals surface area contributed by atoms with E-state index in [1.165, 1.54) is 0 Å². The highest BCUT2D eigenvalue weighted by atomic mass is 32.2. The van der Waals surface area contributed by atoms with Crippen molar-refractivity contribution in [2.45, 2.75) is 17.0 Å². The quantitative estimate of drug-likeness (QED) is 0.918. The molecule has 18 heavy (non-hydrogen) atoms. The molecule has 0 radical (unpaired) electrons. The largest absolute Gasteiger partial charge is 0.481 e. The maximum absolute atomic E-state index is 12.5. The molecule has 0 heterocycles. The topological polar surface area (TPSA) is 71.4 Å². The molecule has 8 heteroatoms. The molecule has 0 aliphatic carbocycles. The molecule has 0 bridgehead atoms. The smallest absolute Gasteiger partial charge is 0.406 e. The van der Waals surface area contributed by atoms with E-state index < -0.39 is 33.5 Å². The van der Waals surface area contributed by atoms with Gasteiger partial charge in [-0.3, -0.25) is 4.79 Å². The normalized spacial score (nSPS) is 14.2. The number of alkyl halides is 3. The van der Waals surface area contributed by atoms with Gasteiger partial charge in [0.2, 0.25) is 0 Å². The molecule has 0 saturated carbocycles. The van der Waals surface area contributed by atoms with Gasteiger partial charge in [-0.2, -0.15) is 13.2 Å². The van der Waals surface area contributed by atoms with Gasteiger partial charge in [-0.05, 0) is 17.7 Å². The number of carboxylic acids is 1. The van der Waals surface area contributed by atoms with Crippen LogP contribution in [0.4, 0.5) is 13.2 Å². The van der Waals surface area contributed by atoms with Gasteiger partial charge >= 0.3 is 12.1 Å². The predicted octanol–water partition coefficient (Wildman–Crippen LogP) is 1.82. The molecule has 0 spiro atoms. The summed E-state index contributed by atoms with van der Waals surface area (Å²) in [6, 6.07) is 3.60. The fraction of sp³-hybridized carbons (Fsp3) is 0.300. The first kappa shape index (κ1) is 14.5. The number of carbonyl (C=O) groups is 1. The Hall–Kier alpha value is -1.57. The minimum absolute atomic E-state index is 0.169. The first-order valence-corrected chi connectivity index (χ1v) is 6.52. The lowest BCUT2D eigenvalue weighted by Crippen LogP contribution is -2.28. The number of halogens is 3. The lowest BCUT2D eigenvalue weighted by atomic mass is 9.99. The number of rotatable bonds is 3. The average molecular weight is 282 g/mol. The molecule has 0 fully saturated rings. The van der Waals surface area contributed by atoms with Gasteiger partial charge in [0.1, 0.15) is 0 Å². The van der Waals surface area contributed by atoms with Gasteiger partial charge in [0, 0.05) is 6.26 Å². The molecular weight excluding hydrogens is 273 g/mol. The van der Waals surface area contributed by atoms with E-state index >= 15 is 0 Å². The number of benzene rings is 1. The standard InChI is InChI=1S/C10H9F3O4S/c1-18(16,17)7-4-2-6(3-5-7)8(9(14)15)10(11,12)13/h2-5,8H,1H3,(H,14,15)/t8-/m1/s1. The van der Waals surface area contributed by atoms with Crippen molar-refractivity contribution in [3.8, 4) is 0 Å². The van der Waals surface area contributed by atoms with Gasteiger partial charge in [0.25, 0.3) is 0 Å². The van der Waals surface area contributed by atoms with E-state index in [1.807, 2.05) is 0 Å². The SMILES string of the molecule is CS(=O)(=O)c1ccc([C@H](C(=O)O)C(F)(F)F)cc1. The van der Waals surface area contributed by atoms with Crippen LogP contribution in [0.15, 0.2) is 29.2 Å². The molecule has 1 rings (SSSR count). The summed E-state index contributed by atoms with van der Waals surface area (Å²) in [4.78, 5) is 10.4. The van der Waals surface area contributed by atoms with Gasteiger partial charge in [0.05, 0.1) is 4.90 Å². The molecule has 1 aromatic rings. The number of sulfone groups is 1. The summed E-state index contributed by atoms with van der Waals surface area (Å²) in [5.74, 6) is -4.69. The third-order valence-corrected chi connectivity index (χ3v) is 3.34. The van der Waals surface area contributed by atoms with Gasteiger partial charge in [-0.15, -0.1) is 0 Å². The summed E-state index contributed by atoms with van der Waals surface area (Å²) in [6.45, 7) is 0. The van der Waals surface area contributed by atoms with Gasteiger partial charge < -0.3 is 5.11 Å². The first-order valence-electron chi connectivity index (χ1n) is 4.63. The molecule has 0 saturated heterocycles. The van der Waals surface area contributed by atoms with Gasteiger partial charge in [-0.1, -0.05) is 12.1 Å². The Morgan fingerprint density at radius 3 is 1.94 bits per heavy atom. The fourth-order valence-electron chi connectivity index (χ4n) is 1.38. The van der Waals surface area contributed by atoms with Crippen LogP contribution in [0.25, 0.3) is 0 Å². The second-order valence-electron chi connectivity index (χ2n) is 3.65. The summed E-state index contributed by atoms with van der Waals surface area (Å²) in [5, 5.41) is 8.55. The van der Waals surface area contributed by atoms with Crippen LogP contribution in [0.3, 0.4) is 0 Å². The van der Waals surface area contributed by atoms with Crippen molar-refractivity contribution in [1.29, 1.82) is 0 Å². The Morgan fingerprint density at radius 2 is 1.67 bits per heavy atom. The van der Waals surface area contributed by atoms with E-state index in [2.05, 4.69) is 0 Å².